The smallest absolute Gasteiger partial charge is 0.243 e. The van der Waals surface area contributed by atoms with E-state index in [2.05, 4.69) is 5.32 Å². The van der Waals surface area contributed by atoms with E-state index in [9.17, 15) is 21.6 Å². The van der Waals surface area contributed by atoms with E-state index in [0.717, 1.165) is 10.6 Å². The minimum atomic E-state index is -3.76. The van der Waals surface area contributed by atoms with Gasteiger partial charge in [-0.25, -0.2) is 16.8 Å². The fourth-order valence-electron chi connectivity index (χ4n) is 3.60. The van der Waals surface area contributed by atoms with E-state index in [1.807, 2.05) is 0 Å². The summed E-state index contributed by atoms with van der Waals surface area (Å²) in [6.07, 6.45) is 2.04. The molecule has 2 saturated heterocycles. The summed E-state index contributed by atoms with van der Waals surface area (Å²) >= 11 is 0. The Morgan fingerprint density at radius 1 is 1.20 bits per heavy atom. The lowest BCUT2D eigenvalue weighted by Gasteiger charge is -2.26. The van der Waals surface area contributed by atoms with Crippen molar-refractivity contribution in [3.8, 4) is 5.75 Å². The van der Waals surface area contributed by atoms with E-state index in [0.29, 0.717) is 38.4 Å². The van der Waals surface area contributed by atoms with Crippen LogP contribution in [0.1, 0.15) is 19.8 Å². The van der Waals surface area contributed by atoms with Crippen molar-refractivity contribution in [3.63, 3.8) is 0 Å². The zero-order valence-corrected chi connectivity index (χ0v) is 18.7. The molecular weight excluding hydrogens is 434 g/mol. The second kappa shape index (κ2) is 9.18. The van der Waals surface area contributed by atoms with Gasteiger partial charge in [-0.2, -0.15) is 8.61 Å². The summed E-state index contributed by atoms with van der Waals surface area (Å²) in [6, 6.07) is 3.45. The summed E-state index contributed by atoms with van der Waals surface area (Å²) in [5, 5.41) is 2.68. The monoisotopic (exact) mass is 461 g/mol. The van der Waals surface area contributed by atoms with Gasteiger partial charge in [-0.05, 0) is 38.0 Å². The molecule has 1 atom stereocenters. The first-order valence-electron chi connectivity index (χ1n) is 9.77. The lowest BCUT2D eigenvalue weighted by Crippen LogP contribution is -2.42. The normalized spacial score (nSPS) is 21.5. The molecule has 2 aliphatic rings. The standard InChI is InChI=1S/C18H27N3O7S2/c1-3-28-17-7-6-14(30(25,26)20-9-11-27-12-10-20)13-15(17)19-18(22)16-5-4-8-21(16)29(2,23)24/h6-7,13,16H,3-5,8-12H2,1-2H3,(H,19,22)/t16-/m1/s1. The zero-order valence-electron chi connectivity index (χ0n) is 17.0. The van der Waals surface area contributed by atoms with E-state index in [1.165, 1.54) is 22.5 Å². The van der Waals surface area contributed by atoms with Crippen LogP contribution in [-0.4, -0.2) is 83.1 Å². The Bertz CT molecular complexity index is 989. The van der Waals surface area contributed by atoms with E-state index in [1.54, 1.807) is 6.92 Å². The molecule has 12 heteroatoms. The number of nitrogens with zero attached hydrogens (tertiary/aromatic N) is 2. The predicted octanol–water partition coefficient (Wildman–Crippen LogP) is 0.469. The number of benzene rings is 1. The molecule has 2 aliphatic heterocycles. The quantitative estimate of drug-likeness (QED) is 0.626. The third-order valence-corrected chi connectivity index (χ3v) is 8.23. The largest absolute Gasteiger partial charge is 0.492 e. The Morgan fingerprint density at radius 3 is 2.53 bits per heavy atom. The Labute approximate surface area is 177 Å². The molecule has 1 aromatic rings. The van der Waals surface area contributed by atoms with Crippen LogP contribution in [0.25, 0.3) is 0 Å². The molecule has 1 N–H and O–H groups in total. The van der Waals surface area contributed by atoms with Crippen LogP contribution in [0.4, 0.5) is 5.69 Å². The molecule has 1 amide bonds. The number of nitrogens with one attached hydrogen (secondary N) is 1. The number of morpholine rings is 1. The van der Waals surface area contributed by atoms with Crippen molar-refractivity contribution in [2.75, 3.05) is 51.0 Å². The van der Waals surface area contributed by atoms with E-state index < -0.39 is 32.0 Å². The van der Waals surface area contributed by atoms with Gasteiger partial charge in [0.2, 0.25) is 26.0 Å². The molecule has 0 saturated carbocycles. The molecule has 2 fully saturated rings. The molecule has 0 unspecified atom stereocenters. The third-order valence-electron chi connectivity index (χ3n) is 5.05. The Morgan fingerprint density at radius 2 is 1.90 bits per heavy atom. The van der Waals surface area contributed by atoms with Crippen molar-refractivity contribution in [3.05, 3.63) is 18.2 Å². The number of rotatable bonds is 7. The summed E-state index contributed by atoms with van der Waals surface area (Å²) in [4.78, 5) is 12.9. The number of carbonyl (C=O) groups excluding carboxylic acids is 1. The first kappa shape index (κ1) is 22.9. The summed E-state index contributed by atoms with van der Waals surface area (Å²) in [5.41, 5.74) is 0.191. The van der Waals surface area contributed by atoms with E-state index in [-0.39, 0.29) is 30.2 Å². The van der Waals surface area contributed by atoms with Gasteiger partial charge in [-0.3, -0.25) is 4.79 Å². The number of sulfonamides is 2. The topological polar surface area (TPSA) is 122 Å². The molecule has 168 valence electrons. The number of hydrogen-bond donors (Lipinski definition) is 1. The Hall–Kier alpha value is -1.73. The van der Waals surface area contributed by atoms with Gasteiger partial charge < -0.3 is 14.8 Å². The molecule has 10 nitrogen and oxygen atoms in total. The average Bonchev–Trinajstić information content (AvgIpc) is 3.21. The van der Waals surface area contributed by atoms with Gasteiger partial charge >= 0.3 is 0 Å². The van der Waals surface area contributed by atoms with Gasteiger partial charge in [0.1, 0.15) is 11.8 Å². The molecule has 0 spiro atoms. The molecule has 0 aromatic heterocycles. The van der Waals surface area contributed by atoms with Crippen LogP contribution in [-0.2, 0) is 29.6 Å². The van der Waals surface area contributed by atoms with Crippen molar-refractivity contribution in [2.45, 2.75) is 30.7 Å². The highest BCUT2D eigenvalue weighted by molar-refractivity contribution is 7.89. The minimum absolute atomic E-state index is 0.0227. The van der Waals surface area contributed by atoms with Crippen LogP contribution in [0.15, 0.2) is 23.1 Å². The van der Waals surface area contributed by atoms with Gasteiger partial charge in [-0.15, -0.1) is 0 Å². The van der Waals surface area contributed by atoms with Crippen molar-refractivity contribution in [1.29, 1.82) is 0 Å². The van der Waals surface area contributed by atoms with Gasteiger partial charge in [0.05, 0.1) is 36.7 Å². The first-order chi connectivity index (χ1) is 14.1. The third kappa shape index (κ3) is 4.94. The Kier molecular flexibility index (Phi) is 7.02. The number of ether oxygens (including phenoxy) is 2. The van der Waals surface area contributed by atoms with Gasteiger partial charge in [0.15, 0.2) is 0 Å². The van der Waals surface area contributed by atoms with Crippen molar-refractivity contribution in [1.82, 2.24) is 8.61 Å². The fraction of sp³-hybridized carbons (Fsp3) is 0.611. The van der Waals surface area contributed by atoms with Crippen molar-refractivity contribution < 1.29 is 31.1 Å². The number of hydrogen-bond acceptors (Lipinski definition) is 7. The molecule has 0 bridgehead atoms. The predicted molar refractivity (Wildman–Crippen MR) is 110 cm³/mol. The number of carbonyl (C=O) groups is 1. The number of amides is 1. The van der Waals surface area contributed by atoms with Crippen LogP contribution >= 0.6 is 0 Å². The van der Waals surface area contributed by atoms with Crippen LogP contribution in [0.2, 0.25) is 0 Å². The van der Waals surface area contributed by atoms with Crippen LogP contribution < -0.4 is 10.1 Å². The lowest BCUT2D eigenvalue weighted by molar-refractivity contribution is -0.119. The highest BCUT2D eigenvalue weighted by atomic mass is 32.2. The summed E-state index contributed by atoms with van der Waals surface area (Å²) in [5.74, 6) is -0.199. The molecule has 30 heavy (non-hydrogen) atoms. The number of anilines is 1. The van der Waals surface area contributed by atoms with Crippen LogP contribution in [0, 0.1) is 0 Å². The summed E-state index contributed by atoms with van der Waals surface area (Å²) < 4.78 is 63.1. The second-order valence-corrected chi connectivity index (χ2v) is 11.0. The SMILES string of the molecule is CCOc1ccc(S(=O)(=O)N2CCOCC2)cc1NC(=O)[C@H]1CCCN1S(C)(=O)=O. The van der Waals surface area contributed by atoms with Crippen LogP contribution in [0.3, 0.4) is 0 Å². The molecule has 0 radical (unpaired) electrons. The minimum Gasteiger partial charge on any atom is -0.492 e. The maximum Gasteiger partial charge on any atom is 0.243 e. The fourth-order valence-corrected chi connectivity index (χ4v) is 6.16. The second-order valence-electron chi connectivity index (χ2n) is 7.13. The van der Waals surface area contributed by atoms with Gasteiger partial charge in [0.25, 0.3) is 0 Å². The zero-order chi connectivity index (χ0) is 21.9. The van der Waals surface area contributed by atoms with Crippen molar-refractivity contribution >= 4 is 31.6 Å². The molecule has 2 heterocycles. The molecular formula is C18H27N3O7S2. The Balaban J connectivity index is 1.89. The van der Waals surface area contributed by atoms with Gasteiger partial charge in [0, 0.05) is 19.6 Å². The summed E-state index contributed by atoms with van der Waals surface area (Å²) in [7, 11) is -7.29. The highest BCUT2D eigenvalue weighted by Crippen LogP contribution is 2.31. The maximum absolute atomic E-state index is 13.0. The van der Waals surface area contributed by atoms with E-state index >= 15 is 0 Å². The highest BCUT2D eigenvalue weighted by Gasteiger charge is 2.37. The maximum atomic E-state index is 13.0. The summed E-state index contributed by atoms with van der Waals surface area (Å²) in [6.45, 7) is 3.52. The lowest BCUT2D eigenvalue weighted by atomic mass is 10.2. The average molecular weight is 462 g/mol. The van der Waals surface area contributed by atoms with Crippen LogP contribution in [0.5, 0.6) is 5.75 Å². The molecule has 1 aromatic carbocycles. The van der Waals surface area contributed by atoms with Crippen molar-refractivity contribution in [2.24, 2.45) is 0 Å². The molecule has 3 rings (SSSR count). The van der Waals surface area contributed by atoms with Gasteiger partial charge in [-0.1, -0.05) is 0 Å². The van der Waals surface area contributed by atoms with E-state index in [4.69, 9.17) is 9.47 Å². The molecule has 0 aliphatic carbocycles. The first-order valence-corrected chi connectivity index (χ1v) is 13.1.